The van der Waals surface area contributed by atoms with E-state index in [0.717, 1.165) is 5.56 Å². The molecule has 3 rings (SSSR count). The molecule has 1 aromatic carbocycles. The third-order valence-electron chi connectivity index (χ3n) is 4.68. The van der Waals surface area contributed by atoms with Crippen molar-refractivity contribution in [1.82, 2.24) is 0 Å². The minimum atomic E-state index is -0.508. The third-order valence-corrected chi connectivity index (χ3v) is 4.68. The molecule has 2 N–H and O–H groups in total. The Hall–Kier alpha value is -2.50. The number of allylic oxidation sites excluding steroid dienone is 1. The van der Waals surface area contributed by atoms with Crippen molar-refractivity contribution in [1.29, 1.82) is 0 Å². The van der Waals surface area contributed by atoms with Gasteiger partial charge >= 0.3 is 0 Å². The van der Waals surface area contributed by atoms with E-state index < -0.39 is 11.3 Å². The number of ether oxygens (including phenoxy) is 3. The van der Waals surface area contributed by atoms with Crippen LogP contribution in [0.1, 0.15) is 31.2 Å². The van der Waals surface area contributed by atoms with Gasteiger partial charge in [0.1, 0.15) is 19.0 Å². The predicted octanol–water partition coefficient (Wildman–Crippen LogP) is 1.89. The van der Waals surface area contributed by atoms with Crippen LogP contribution in [-0.4, -0.2) is 32.0 Å². The van der Waals surface area contributed by atoms with E-state index in [9.17, 15) is 9.59 Å². The van der Waals surface area contributed by atoms with Crippen LogP contribution in [0.3, 0.4) is 0 Å². The summed E-state index contributed by atoms with van der Waals surface area (Å²) >= 11 is 0. The van der Waals surface area contributed by atoms with Crippen LogP contribution < -0.4 is 19.9 Å². The van der Waals surface area contributed by atoms with Crippen molar-refractivity contribution in [3.05, 3.63) is 29.8 Å². The van der Waals surface area contributed by atoms with Crippen molar-refractivity contribution in [3.8, 4) is 17.2 Å². The predicted molar refractivity (Wildman–Crippen MR) is 87.5 cm³/mol. The maximum Gasteiger partial charge on any atom is 0.241 e. The zero-order valence-corrected chi connectivity index (χ0v) is 13.7. The van der Waals surface area contributed by atoms with E-state index in [-0.39, 0.29) is 5.78 Å². The van der Waals surface area contributed by atoms with Crippen molar-refractivity contribution >= 4 is 11.7 Å². The van der Waals surface area contributed by atoms with Crippen LogP contribution in [0.15, 0.2) is 24.3 Å². The molecule has 2 aliphatic rings. The number of Topliss-reactive ketones (excluding diaryl/α,β-unsaturated/α-hetero) is 1. The van der Waals surface area contributed by atoms with Crippen LogP contribution in [0.5, 0.6) is 17.2 Å². The number of rotatable bonds is 4. The summed E-state index contributed by atoms with van der Waals surface area (Å²) < 4.78 is 17.0. The Balaban J connectivity index is 2.11. The first kappa shape index (κ1) is 16.4. The van der Waals surface area contributed by atoms with Gasteiger partial charge in [0.15, 0.2) is 11.5 Å². The van der Waals surface area contributed by atoms with Crippen molar-refractivity contribution in [2.45, 2.75) is 31.1 Å². The molecule has 6 heteroatoms. The summed E-state index contributed by atoms with van der Waals surface area (Å²) in [5.41, 5.74) is 5.72. The molecule has 1 heterocycles. The highest BCUT2D eigenvalue weighted by atomic mass is 16.6. The lowest BCUT2D eigenvalue weighted by Gasteiger charge is -2.37. The fourth-order valence-electron chi connectivity index (χ4n) is 3.41. The molecule has 0 spiro atoms. The van der Waals surface area contributed by atoms with Crippen LogP contribution in [0.25, 0.3) is 0 Å². The molecular formula is C18H21NO5. The molecule has 0 unspecified atom stereocenters. The highest BCUT2D eigenvalue weighted by Gasteiger charge is 2.38. The quantitative estimate of drug-likeness (QED) is 0.851. The summed E-state index contributed by atoms with van der Waals surface area (Å²) in [7, 11) is 1.58. The van der Waals surface area contributed by atoms with Gasteiger partial charge in [-0.2, -0.15) is 0 Å². The van der Waals surface area contributed by atoms with Crippen LogP contribution in [0.4, 0.5) is 0 Å². The van der Waals surface area contributed by atoms with E-state index in [1.807, 2.05) is 18.2 Å². The van der Waals surface area contributed by atoms with Gasteiger partial charge in [-0.05, 0) is 25.0 Å². The first-order valence-corrected chi connectivity index (χ1v) is 8.03. The molecule has 1 amide bonds. The smallest absolute Gasteiger partial charge is 0.241 e. The topological polar surface area (TPSA) is 87.9 Å². The van der Waals surface area contributed by atoms with E-state index in [4.69, 9.17) is 19.9 Å². The fraction of sp³-hybridized carbons (Fsp3) is 0.444. The Morgan fingerprint density at radius 1 is 1.21 bits per heavy atom. The van der Waals surface area contributed by atoms with E-state index in [1.165, 1.54) is 6.08 Å². The first-order valence-electron chi connectivity index (χ1n) is 8.03. The second-order valence-electron chi connectivity index (χ2n) is 6.10. The standard InChI is InChI=1S/C18H21NO5/c1-22-14-3-2-13(16-17(14)24-11-10-23-16)18(9-6-15(19)21)7-4-12(20)5-8-18/h2-3,6,9H,4-5,7-8,10-11H2,1H3,(H2,19,21). The van der Waals surface area contributed by atoms with E-state index in [2.05, 4.69) is 0 Å². The Morgan fingerprint density at radius 2 is 1.88 bits per heavy atom. The van der Waals surface area contributed by atoms with Crippen molar-refractivity contribution < 1.29 is 23.8 Å². The lowest BCUT2D eigenvalue weighted by molar-refractivity contribution is -0.121. The monoisotopic (exact) mass is 331 g/mol. The van der Waals surface area contributed by atoms with Crippen LogP contribution in [0.2, 0.25) is 0 Å². The fourth-order valence-corrected chi connectivity index (χ4v) is 3.41. The zero-order valence-electron chi connectivity index (χ0n) is 13.7. The van der Waals surface area contributed by atoms with Gasteiger partial charge in [-0.3, -0.25) is 9.59 Å². The van der Waals surface area contributed by atoms with Gasteiger partial charge in [-0.15, -0.1) is 0 Å². The van der Waals surface area contributed by atoms with Gasteiger partial charge in [0.05, 0.1) is 7.11 Å². The number of methoxy groups -OCH3 is 1. The number of ketones is 1. The summed E-state index contributed by atoms with van der Waals surface area (Å²) in [5.74, 6) is 1.53. The summed E-state index contributed by atoms with van der Waals surface area (Å²) in [6, 6.07) is 3.76. The molecule has 1 aromatic rings. The molecule has 1 fully saturated rings. The minimum Gasteiger partial charge on any atom is -0.493 e. The Kier molecular flexibility index (Phi) is 4.46. The SMILES string of the molecule is COc1ccc(C2(C=CC(N)=O)CCC(=O)CC2)c2c1OCCO2. The minimum absolute atomic E-state index is 0.234. The molecule has 24 heavy (non-hydrogen) atoms. The molecule has 0 bridgehead atoms. The molecule has 6 nitrogen and oxygen atoms in total. The number of carbonyl (C=O) groups excluding carboxylic acids is 2. The number of hydrogen-bond acceptors (Lipinski definition) is 5. The van der Waals surface area contributed by atoms with Gasteiger partial charge in [0, 0.05) is 23.8 Å². The number of primary amides is 1. The first-order chi connectivity index (χ1) is 11.6. The van der Waals surface area contributed by atoms with Gasteiger partial charge in [-0.25, -0.2) is 0 Å². The van der Waals surface area contributed by atoms with Crippen LogP contribution >= 0.6 is 0 Å². The third kappa shape index (κ3) is 2.96. The molecule has 1 aliphatic heterocycles. The number of hydrogen-bond donors (Lipinski definition) is 1. The van der Waals surface area contributed by atoms with Gasteiger partial charge in [0.25, 0.3) is 0 Å². The van der Waals surface area contributed by atoms with Crippen molar-refractivity contribution in [2.24, 2.45) is 5.73 Å². The molecular weight excluding hydrogens is 310 g/mol. The normalized spacial score (nSPS) is 19.3. The highest BCUT2D eigenvalue weighted by Crippen LogP contribution is 2.50. The molecule has 1 aliphatic carbocycles. The van der Waals surface area contributed by atoms with E-state index in [1.54, 1.807) is 7.11 Å². The Morgan fingerprint density at radius 3 is 2.50 bits per heavy atom. The van der Waals surface area contributed by atoms with E-state index >= 15 is 0 Å². The number of amides is 1. The van der Waals surface area contributed by atoms with Crippen molar-refractivity contribution in [2.75, 3.05) is 20.3 Å². The molecule has 0 aromatic heterocycles. The molecule has 0 saturated heterocycles. The lowest BCUT2D eigenvalue weighted by Crippen LogP contribution is -2.32. The van der Waals surface area contributed by atoms with Gasteiger partial charge < -0.3 is 19.9 Å². The molecule has 0 atom stereocenters. The maximum atomic E-state index is 11.7. The average molecular weight is 331 g/mol. The number of fused-ring (bicyclic) bond motifs is 1. The summed E-state index contributed by atoms with van der Waals surface area (Å²) in [6.07, 6.45) is 5.32. The Labute approximate surface area is 140 Å². The van der Waals surface area contributed by atoms with Crippen LogP contribution in [-0.2, 0) is 15.0 Å². The van der Waals surface area contributed by atoms with Crippen molar-refractivity contribution in [3.63, 3.8) is 0 Å². The Bertz CT molecular complexity index is 685. The number of carbonyl (C=O) groups is 2. The summed E-state index contributed by atoms with van der Waals surface area (Å²) in [4.78, 5) is 23.0. The second-order valence-corrected chi connectivity index (χ2v) is 6.10. The average Bonchev–Trinajstić information content (AvgIpc) is 2.61. The summed E-state index contributed by atoms with van der Waals surface area (Å²) in [6.45, 7) is 0.900. The van der Waals surface area contributed by atoms with Gasteiger partial charge in [-0.1, -0.05) is 12.1 Å². The second kappa shape index (κ2) is 6.55. The maximum absolute atomic E-state index is 11.7. The molecule has 1 saturated carbocycles. The number of nitrogens with two attached hydrogens (primary N) is 1. The number of benzene rings is 1. The van der Waals surface area contributed by atoms with E-state index in [0.29, 0.717) is 56.1 Å². The largest absolute Gasteiger partial charge is 0.493 e. The lowest BCUT2D eigenvalue weighted by atomic mass is 9.68. The summed E-state index contributed by atoms with van der Waals surface area (Å²) in [5, 5.41) is 0. The van der Waals surface area contributed by atoms with Crippen LogP contribution in [0, 0.1) is 0 Å². The highest BCUT2D eigenvalue weighted by molar-refractivity contribution is 5.86. The molecule has 128 valence electrons. The zero-order chi connectivity index (χ0) is 17.2. The molecule has 0 radical (unpaired) electrons. The van der Waals surface area contributed by atoms with Gasteiger partial charge in [0.2, 0.25) is 11.7 Å².